The summed E-state index contributed by atoms with van der Waals surface area (Å²) in [5.74, 6) is 0.568. The number of rotatable bonds is 2. The van der Waals surface area contributed by atoms with Crippen LogP contribution in [-0.2, 0) is 11.3 Å². The zero-order valence-electron chi connectivity index (χ0n) is 10.9. The minimum Gasteiger partial charge on any atom is -0.336 e. The fraction of sp³-hybridized carbons (Fsp3) is 0.533. The lowest BCUT2D eigenvalue weighted by atomic mass is 9.94. The number of carbonyl (C=O) groups excluding carboxylic acids is 1. The maximum atomic E-state index is 12.3. The molecule has 2 atom stereocenters. The van der Waals surface area contributed by atoms with Gasteiger partial charge < -0.3 is 10.2 Å². The Balaban J connectivity index is 1.74. The van der Waals surface area contributed by atoms with Crippen molar-refractivity contribution < 1.29 is 4.79 Å². The molecule has 0 aromatic heterocycles. The van der Waals surface area contributed by atoms with Crippen molar-refractivity contribution in [2.24, 2.45) is 5.92 Å². The van der Waals surface area contributed by atoms with Gasteiger partial charge in [-0.3, -0.25) is 4.79 Å². The van der Waals surface area contributed by atoms with Crippen LogP contribution < -0.4 is 5.32 Å². The average Bonchev–Trinajstić information content (AvgIpc) is 2.70. The summed E-state index contributed by atoms with van der Waals surface area (Å²) in [5.41, 5.74) is 2.54. The molecule has 1 aromatic carbocycles. The molecule has 0 aliphatic carbocycles. The van der Waals surface area contributed by atoms with Crippen LogP contribution in [0.15, 0.2) is 24.3 Å². The number of piperidine rings is 1. The van der Waals surface area contributed by atoms with E-state index in [2.05, 4.69) is 24.4 Å². The molecular formula is C15H20N2O. The second-order valence-corrected chi connectivity index (χ2v) is 5.45. The first-order valence-corrected chi connectivity index (χ1v) is 6.82. The third-order valence-electron chi connectivity index (χ3n) is 4.25. The number of aryl methyl sites for hydroxylation is 1. The summed E-state index contributed by atoms with van der Waals surface area (Å²) in [5, 5.41) is 3.48. The fourth-order valence-corrected chi connectivity index (χ4v) is 3.14. The molecule has 2 heterocycles. The van der Waals surface area contributed by atoms with Crippen LogP contribution >= 0.6 is 0 Å². The van der Waals surface area contributed by atoms with Gasteiger partial charge in [-0.1, -0.05) is 24.3 Å². The number of fused-ring (bicyclic) bond motifs is 1. The second-order valence-electron chi connectivity index (χ2n) is 5.45. The molecule has 0 radical (unpaired) electrons. The molecule has 3 heteroatoms. The minimum absolute atomic E-state index is 0.225. The highest BCUT2D eigenvalue weighted by Crippen LogP contribution is 2.27. The van der Waals surface area contributed by atoms with Crippen LogP contribution in [0.4, 0.5) is 0 Å². The van der Waals surface area contributed by atoms with Gasteiger partial charge in [0.2, 0.25) is 5.91 Å². The maximum absolute atomic E-state index is 12.3. The standard InChI is InChI=1S/C15H20N2O/c1-11-5-2-3-6-12(11)9-17-10-14-13(15(17)18)7-4-8-16-14/h2-3,5-6,13-14,16H,4,7-10H2,1H3. The van der Waals surface area contributed by atoms with Crippen molar-refractivity contribution in [2.45, 2.75) is 32.4 Å². The summed E-state index contributed by atoms with van der Waals surface area (Å²) in [6.45, 7) is 4.81. The smallest absolute Gasteiger partial charge is 0.227 e. The topological polar surface area (TPSA) is 32.3 Å². The number of benzene rings is 1. The van der Waals surface area contributed by atoms with Gasteiger partial charge in [0.05, 0.1) is 5.92 Å². The van der Waals surface area contributed by atoms with Crippen molar-refractivity contribution in [1.29, 1.82) is 0 Å². The zero-order chi connectivity index (χ0) is 12.5. The highest BCUT2D eigenvalue weighted by molar-refractivity contribution is 5.82. The number of carbonyl (C=O) groups is 1. The van der Waals surface area contributed by atoms with Crippen LogP contribution in [0.25, 0.3) is 0 Å². The maximum Gasteiger partial charge on any atom is 0.227 e. The number of hydrogen-bond acceptors (Lipinski definition) is 2. The SMILES string of the molecule is Cc1ccccc1CN1CC2NCCCC2C1=O. The van der Waals surface area contributed by atoms with Crippen molar-refractivity contribution in [3.05, 3.63) is 35.4 Å². The van der Waals surface area contributed by atoms with E-state index in [1.54, 1.807) is 0 Å². The van der Waals surface area contributed by atoms with Gasteiger partial charge in [-0.05, 0) is 37.4 Å². The lowest BCUT2D eigenvalue weighted by molar-refractivity contribution is -0.131. The molecule has 3 nitrogen and oxygen atoms in total. The number of nitrogens with zero attached hydrogens (tertiary/aromatic N) is 1. The third kappa shape index (κ3) is 2.03. The molecule has 2 aliphatic heterocycles. The van der Waals surface area contributed by atoms with Gasteiger partial charge in [0.15, 0.2) is 0 Å². The van der Waals surface area contributed by atoms with Crippen LogP contribution in [0.5, 0.6) is 0 Å². The number of likely N-dealkylation sites (tertiary alicyclic amines) is 1. The summed E-state index contributed by atoms with van der Waals surface area (Å²) >= 11 is 0. The van der Waals surface area contributed by atoms with E-state index in [1.807, 2.05) is 17.0 Å². The van der Waals surface area contributed by atoms with Crippen molar-refractivity contribution in [1.82, 2.24) is 10.2 Å². The Kier molecular flexibility index (Phi) is 3.08. The molecule has 1 N–H and O–H groups in total. The predicted molar refractivity (Wildman–Crippen MR) is 71.1 cm³/mol. The molecule has 1 amide bonds. The normalized spacial score (nSPS) is 27.4. The van der Waals surface area contributed by atoms with Gasteiger partial charge in [-0.2, -0.15) is 0 Å². The highest BCUT2D eigenvalue weighted by Gasteiger charge is 2.41. The molecule has 2 fully saturated rings. The first-order valence-electron chi connectivity index (χ1n) is 6.82. The Hall–Kier alpha value is -1.35. The second kappa shape index (κ2) is 4.73. The van der Waals surface area contributed by atoms with Crippen LogP contribution in [0.1, 0.15) is 24.0 Å². The van der Waals surface area contributed by atoms with Crippen LogP contribution in [0, 0.1) is 12.8 Å². The molecule has 0 saturated carbocycles. The summed E-state index contributed by atoms with van der Waals surface area (Å²) in [4.78, 5) is 14.4. The molecule has 0 spiro atoms. The minimum atomic E-state index is 0.225. The lowest BCUT2D eigenvalue weighted by Gasteiger charge is -2.23. The zero-order valence-corrected chi connectivity index (χ0v) is 10.9. The van der Waals surface area contributed by atoms with Crippen LogP contribution in [0.3, 0.4) is 0 Å². The van der Waals surface area contributed by atoms with E-state index in [1.165, 1.54) is 11.1 Å². The Bertz CT molecular complexity index is 458. The molecule has 2 aliphatic rings. The van der Waals surface area contributed by atoms with Gasteiger partial charge in [0.25, 0.3) is 0 Å². The van der Waals surface area contributed by atoms with E-state index in [-0.39, 0.29) is 5.92 Å². The molecular weight excluding hydrogens is 224 g/mol. The van der Waals surface area contributed by atoms with Gasteiger partial charge in [-0.15, -0.1) is 0 Å². The summed E-state index contributed by atoms with van der Waals surface area (Å²) in [6, 6.07) is 8.72. The van der Waals surface area contributed by atoms with E-state index in [0.717, 1.165) is 32.5 Å². The monoisotopic (exact) mass is 244 g/mol. The molecule has 18 heavy (non-hydrogen) atoms. The Morgan fingerprint density at radius 2 is 2.22 bits per heavy atom. The number of nitrogens with one attached hydrogen (secondary N) is 1. The Morgan fingerprint density at radius 1 is 1.39 bits per heavy atom. The van der Waals surface area contributed by atoms with E-state index < -0.39 is 0 Å². The molecule has 3 rings (SSSR count). The van der Waals surface area contributed by atoms with E-state index in [9.17, 15) is 4.79 Å². The van der Waals surface area contributed by atoms with E-state index in [0.29, 0.717) is 11.9 Å². The highest BCUT2D eigenvalue weighted by atomic mass is 16.2. The lowest BCUT2D eigenvalue weighted by Crippen LogP contribution is -2.41. The largest absolute Gasteiger partial charge is 0.336 e. The number of amides is 1. The first kappa shape index (κ1) is 11.7. The molecule has 2 saturated heterocycles. The average molecular weight is 244 g/mol. The summed E-state index contributed by atoms with van der Waals surface area (Å²) in [6.07, 6.45) is 2.19. The van der Waals surface area contributed by atoms with Crippen molar-refractivity contribution in [2.75, 3.05) is 13.1 Å². The number of hydrogen-bond donors (Lipinski definition) is 1. The van der Waals surface area contributed by atoms with Gasteiger partial charge in [-0.25, -0.2) is 0 Å². The quantitative estimate of drug-likeness (QED) is 0.859. The Labute approximate surface area is 108 Å². The summed E-state index contributed by atoms with van der Waals surface area (Å²) < 4.78 is 0. The van der Waals surface area contributed by atoms with Crippen molar-refractivity contribution in [3.63, 3.8) is 0 Å². The Morgan fingerprint density at radius 3 is 3.00 bits per heavy atom. The molecule has 0 bridgehead atoms. The van der Waals surface area contributed by atoms with E-state index in [4.69, 9.17) is 0 Å². The van der Waals surface area contributed by atoms with Crippen molar-refractivity contribution in [3.8, 4) is 0 Å². The van der Waals surface area contributed by atoms with Gasteiger partial charge >= 0.3 is 0 Å². The van der Waals surface area contributed by atoms with Crippen LogP contribution in [-0.4, -0.2) is 29.9 Å². The molecule has 96 valence electrons. The molecule has 1 aromatic rings. The van der Waals surface area contributed by atoms with Crippen LogP contribution in [0.2, 0.25) is 0 Å². The predicted octanol–water partition coefficient (Wildman–Crippen LogP) is 1.71. The summed E-state index contributed by atoms with van der Waals surface area (Å²) in [7, 11) is 0. The van der Waals surface area contributed by atoms with E-state index >= 15 is 0 Å². The van der Waals surface area contributed by atoms with Crippen molar-refractivity contribution >= 4 is 5.91 Å². The van der Waals surface area contributed by atoms with Gasteiger partial charge in [0.1, 0.15) is 0 Å². The third-order valence-corrected chi connectivity index (χ3v) is 4.25. The fourth-order valence-electron chi connectivity index (χ4n) is 3.14. The first-order chi connectivity index (χ1) is 8.75. The molecule has 2 unspecified atom stereocenters. The van der Waals surface area contributed by atoms with Gasteiger partial charge in [0, 0.05) is 19.1 Å².